The van der Waals surface area contributed by atoms with Gasteiger partial charge in [-0.05, 0) is 51.3 Å². The van der Waals surface area contributed by atoms with Crippen LogP contribution in [0, 0.1) is 13.8 Å². The van der Waals surface area contributed by atoms with Crippen LogP contribution in [-0.4, -0.2) is 27.5 Å². The summed E-state index contributed by atoms with van der Waals surface area (Å²) in [6, 6.07) is 6.92. The maximum absolute atomic E-state index is 12.8. The lowest BCUT2D eigenvalue weighted by atomic mass is 9.99. The van der Waals surface area contributed by atoms with Gasteiger partial charge in [0.25, 0.3) is 5.56 Å². The van der Waals surface area contributed by atoms with Gasteiger partial charge in [-0.1, -0.05) is 30.2 Å². The highest BCUT2D eigenvalue weighted by Crippen LogP contribution is 2.33. The summed E-state index contributed by atoms with van der Waals surface area (Å²) in [5.41, 5.74) is 4.51. The van der Waals surface area contributed by atoms with Gasteiger partial charge >= 0.3 is 0 Å². The lowest BCUT2D eigenvalue weighted by molar-refractivity contribution is 0.149. The number of H-pyrrole nitrogens is 1. The van der Waals surface area contributed by atoms with Gasteiger partial charge in [0.05, 0.1) is 11.9 Å². The van der Waals surface area contributed by atoms with Gasteiger partial charge in [0.15, 0.2) is 0 Å². The van der Waals surface area contributed by atoms with Crippen molar-refractivity contribution < 1.29 is 0 Å². The summed E-state index contributed by atoms with van der Waals surface area (Å²) in [5.74, 6) is 0.783. The molecule has 1 saturated heterocycles. The number of aromatic nitrogens is 2. The Labute approximate surface area is 157 Å². The normalized spacial score (nSPS) is 18.5. The molecule has 0 saturated carbocycles. The van der Waals surface area contributed by atoms with Gasteiger partial charge in [0, 0.05) is 17.0 Å². The van der Waals surface area contributed by atoms with E-state index in [4.69, 9.17) is 4.98 Å². The fraction of sp³-hybridized carbons (Fsp3) is 0.429. The summed E-state index contributed by atoms with van der Waals surface area (Å²) in [5, 5.41) is 2.79. The van der Waals surface area contributed by atoms with Crippen molar-refractivity contribution in [2.24, 2.45) is 0 Å². The number of hydrogen-bond donors (Lipinski definition) is 1. The molecule has 2 aromatic heterocycles. The van der Waals surface area contributed by atoms with Crippen LogP contribution in [0.2, 0.25) is 0 Å². The minimum absolute atomic E-state index is 0.0223. The van der Waals surface area contributed by atoms with Crippen LogP contribution >= 0.6 is 11.3 Å². The minimum atomic E-state index is -0.0223. The predicted molar refractivity (Wildman–Crippen MR) is 109 cm³/mol. The maximum Gasteiger partial charge on any atom is 0.260 e. The van der Waals surface area contributed by atoms with E-state index in [1.807, 2.05) is 0 Å². The highest BCUT2D eigenvalue weighted by Gasteiger charge is 2.20. The number of aromatic amines is 1. The molecule has 0 amide bonds. The number of benzene rings is 1. The second kappa shape index (κ2) is 6.97. The van der Waals surface area contributed by atoms with E-state index in [1.165, 1.54) is 30.4 Å². The number of thiophene rings is 1. The molecule has 0 aliphatic carbocycles. The Kier molecular flexibility index (Phi) is 4.67. The third-order valence-corrected chi connectivity index (χ3v) is 6.33. The fourth-order valence-electron chi connectivity index (χ4n) is 3.97. The molecule has 1 atom stereocenters. The molecule has 5 heteroatoms. The number of likely N-dealkylation sites (tertiary alicyclic amines) is 1. The van der Waals surface area contributed by atoms with Crippen molar-refractivity contribution in [2.45, 2.75) is 52.6 Å². The van der Waals surface area contributed by atoms with E-state index in [0.29, 0.717) is 6.04 Å². The second-order valence-corrected chi connectivity index (χ2v) is 8.33. The van der Waals surface area contributed by atoms with Crippen LogP contribution in [-0.2, 0) is 6.54 Å². The molecule has 1 aromatic carbocycles. The molecule has 3 aromatic rings. The van der Waals surface area contributed by atoms with E-state index in [-0.39, 0.29) is 5.56 Å². The molecular weight excluding hydrogens is 342 g/mol. The number of piperidine rings is 1. The van der Waals surface area contributed by atoms with Crippen molar-refractivity contribution in [2.75, 3.05) is 6.54 Å². The Morgan fingerprint density at radius 2 is 2.12 bits per heavy atom. The quantitative estimate of drug-likeness (QED) is 0.733. The Balaban J connectivity index is 1.72. The predicted octanol–water partition coefficient (Wildman–Crippen LogP) is 4.64. The second-order valence-electron chi connectivity index (χ2n) is 7.48. The van der Waals surface area contributed by atoms with E-state index >= 15 is 0 Å². The summed E-state index contributed by atoms with van der Waals surface area (Å²) < 4.78 is 0. The molecule has 26 heavy (non-hydrogen) atoms. The molecule has 0 radical (unpaired) electrons. The van der Waals surface area contributed by atoms with Crippen LogP contribution in [0.25, 0.3) is 21.3 Å². The Morgan fingerprint density at radius 1 is 1.27 bits per heavy atom. The third kappa shape index (κ3) is 3.21. The standard InChI is InChI=1S/C21H25N3OS/c1-13-7-8-16(14(2)10-13)17-12-26-21-19(17)20(25)22-18(23-21)11-24-9-5-4-6-15(24)3/h7-8,10,12,15H,4-6,9,11H2,1-3H3,(H,22,23,25)/t15-/m0/s1. The highest BCUT2D eigenvalue weighted by molar-refractivity contribution is 7.17. The Bertz CT molecular complexity index is 1000. The Morgan fingerprint density at radius 3 is 2.88 bits per heavy atom. The van der Waals surface area contributed by atoms with Crippen LogP contribution < -0.4 is 5.56 Å². The molecule has 1 fully saturated rings. The van der Waals surface area contributed by atoms with Crippen molar-refractivity contribution in [3.63, 3.8) is 0 Å². The highest BCUT2D eigenvalue weighted by atomic mass is 32.1. The lowest BCUT2D eigenvalue weighted by Crippen LogP contribution is -2.37. The van der Waals surface area contributed by atoms with Gasteiger partial charge < -0.3 is 4.98 Å². The Hall–Kier alpha value is -1.98. The average Bonchev–Trinajstić information content (AvgIpc) is 3.01. The van der Waals surface area contributed by atoms with Gasteiger partial charge in [-0.25, -0.2) is 4.98 Å². The monoisotopic (exact) mass is 367 g/mol. The van der Waals surface area contributed by atoms with E-state index in [1.54, 1.807) is 11.3 Å². The van der Waals surface area contributed by atoms with Gasteiger partial charge in [-0.15, -0.1) is 11.3 Å². The van der Waals surface area contributed by atoms with Gasteiger partial charge in [-0.2, -0.15) is 0 Å². The van der Waals surface area contributed by atoms with Crippen LogP contribution in [0.3, 0.4) is 0 Å². The molecule has 0 unspecified atom stereocenters. The van der Waals surface area contributed by atoms with E-state index in [0.717, 1.165) is 40.3 Å². The summed E-state index contributed by atoms with van der Waals surface area (Å²) >= 11 is 1.56. The summed E-state index contributed by atoms with van der Waals surface area (Å²) in [4.78, 5) is 23.9. The summed E-state index contributed by atoms with van der Waals surface area (Å²) in [7, 11) is 0. The zero-order valence-electron chi connectivity index (χ0n) is 15.6. The zero-order chi connectivity index (χ0) is 18.3. The van der Waals surface area contributed by atoms with Crippen LogP contribution in [0.4, 0.5) is 0 Å². The van der Waals surface area contributed by atoms with Crippen molar-refractivity contribution in [3.05, 3.63) is 50.9 Å². The van der Waals surface area contributed by atoms with E-state index < -0.39 is 0 Å². The first-order chi connectivity index (χ1) is 12.5. The van der Waals surface area contributed by atoms with E-state index in [9.17, 15) is 4.79 Å². The average molecular weight is 368 g/mol. The van der Waals surface area contributed by atoms with Crippen molar-refractivity contribution in [1.29, 1.82) is 0 Å². The molecule has 3 heterocycles. The number of aryl methyl sites for hydroxylation is 2. The summed E-state index contributed by atoms with van der Waals surface area (Å²) in [6.45, 7) is 8.26. The van der Waals surface area contributed by atoms with Crippen molar-refractivity contribution in [3.8, 4) is 11.1 Å². The number of nitrogens with zero attached hydrogens (tertiary/aromatic N) is 2. The van der Waals surface area contributed by atoms with Crippen molar-refractivity contribution in [1.82, 2.24) is 14.9 Å². The van der Waals surface area contributed by atoms with Crippen LogP contribution in [0.5, 0.6) is 0 Å². The van der Waals surface area contributed by atoms with Gasteiger partial charge in [0.2, 0.25) is 0 Å². The molecule has 0 bridgehead atoms. The zero-order valence-corrected chi connectivity index (χ0v) is 16.4. The fourth-order valence-corrected chi connectivity index (χ4v) is 4.92. The van der Waals surface area contributed by atoms with Gasteiger partial charge in [0.1, 0.15) is 10.7 Å². The van der Waals surface area contributed by atoms with Crippen molar-refractivity contribution >= 4 is 21.6 Å². The van der Waals surface area contributed by atoms with Crippen LogP contribution in [0.15, 0.2) is 28.4 Å². The number of hydrogen-bond acceptors (Lipinski definition) is 4. The molecule has 1 aliphatic heterocycles. The molecule has 136 valence electrons. The first kappa shape index (κ1) is 17.4. The largest absolute Gasteiger partial charge is 0.309 e. The topological polar surface area (TPSA) is 49.0 Å². The number of fused-ring (bicyclic) bond motifs is 1. The molecule has 4 rings (SSSR count). The summed E-state index contributed by atoms with van der Waals surface area (Å²) in [6.07, 6.45) is 3.75. The SMILES string of the molecule is Cc1ccc(-c2csc3nc(CN4CCCC[C@@H]4C)[nH]c(=O)c23)c(C)c1. The molecule has 1 aliphatic rings. The molecule has 4 nitrogen and oxygen atoms in total. The van der Waals surface area contributed by atoms with Gasteiger partial charge in [-0.3, -0.25) is 9.69 Å². The smallest absolute Gasteiger partial charge is 0.260 e. The lowest BCUT2D eigenvalue weighted by Gasteiger charge is -2.32. The molecule has 0 spiro atoms. The number of rotatable bonds is 3. The number of nitrogens with one attached hydrogen (secondary N) is 1. The van der Waals surface area contributed by atoms with E-state index in [2.05, 4.69) is 54.2 Å². The maximum atomic E-state index is 12.8. The molecule has 1 N–H and O–H groups in total. The first-order valence-electron chi connectivity index (χ1n) is 9.35. The third-order valence-electron chi connectivity index (χ3n) is 5.46. The first-order valence-corrected chi connectivity index (χ1v) is 10.2. The molecular formula is C21H25N3OS. The minimum Gasteiger partial charge on any atom is -0.309 e. The van der Waals surface area contributed by atoms with Crippen LogP contribution in [0.1, 0.15) is 43.1 Å².